The van der Waals surface area contributed by atoms with Gasteiger partial charge in [0.25, 0.3) is 0 Å². The molecule has 1 saturated heterocycles. The van der Waals surface area contributed by atoms with Crippen LogP contribution in [0.2, 0.25) is 0 Å². The molecular formula is C13H18N2O2. The Hall–Kier alpha value is -1.55. The maximum atomic E-state index is 11.6. The van der Waals surface area contributed by atoms with E-state index in [4.69, 9.17) is 4.74 Å². The Morgan fingerprint density at radius 1 is 1.47 bits per heavy atom. The minimum Gasteiger partial charge on any atom is -0.496 e. The van der Waals surface area contributed by atoms with Crippen LogP contribution in [0.3, 0.4) is 0 Å². The molecule has 1 amide bonds. The van der Waals surface area contributed by atoms with E-state index >= 15 is 0 Å². The van der Waals surface area contributed by atoms with E-state index in [2.05, 4.69) is 10.6 Å². The van der Waals surface area contributed by atoms with E-state index < -0.39 is 0 Å². The SMILES string of the molecule is COc1ccccc1CCNC(=O)C1CNC1. The van der Waals surface area contributed by atoms with Crippen LogP contribution >= 0.6 is 0 Å². The van der Waals surface area contributed by atoms with Gasteiger partial charge in [-0.1, -0.05) is 18.2 Å². The molecule has 2 N–H and O–H groups in total. The summed E-state index contributed by atoms with van der Waals surface area (Å²) in [5.41, 5.74) is 1.13. The molecule has 0 atom stereocenters. The van der Waals surface area contributed by atoms with E-state index in [9.17, 15) is 4.79 Å². The molecule has 0 spiro atoms. The minimum atomic E-state index is 0.152. The summed E-state index contributed by atoms with van der Waals surface area (Å²) in [6.45, 7) is 2.27. The van der Waals surface area contributed by atoms with Crippen LogP contribution in [0.5, 0.6) is 5.75 Å². The Morgan fingerprint density at radius 2 is 2.24 bits per heavy atom. The van der Waals surface area contributed by atoms with Crippen molar-refractivity contribution in [3.63, 3.8) is 0 Å². The highest BCUT2D eigenvalue weighted by Crippen LogP contribution is 2.17. The van der Waals surface area contributed by atoms with E-state index in [0.29, 0.717) is 6.54 Å². The lowest BCUT2D eigenvalue weighted by molar-refractivity contribution is -0.126. The summed E-state index contributed by atoms with van der Waals surface area (Å²) in [5.74, 6) is 1.19. The van der Waals surface area contributed by atoms with Crippen molar-refractivity contribution in [1.82, 2.24) is 10.6 Å². The van der Waals surface area contributed by atoms with Crippen molar-refractivity contribution in [1.29, 1.82) is 0 Å². The van der Waals surface area contributed by atoms with Crippen LogP contribution in [-0.2, 0) is 11.2 Å². The molecule has 1 aliphatic heterocycles. The van der Waals surface area contributed by atoms with Crippen LogP contribution in [0, 0.1) is 5.92 Å². The molecule has 1 aromatic carbocycles. The highest BCUT2D eigenvalue weighted by atomic mass is 16.5. The lowest BCUT2D eigenvalue weighted by atomic mass is 10.0. The quantitative estimate of drug-likeness (QED) is 0.783. The van der Waals surface area contributed by atoms with Gasteiger partial charge < -0.3 is 15.4 Å². The van der Waals surface area contributed by atoms with E-state index in [1.807, 2.05) is 24.3 Å². The predicted octanol–water partition coefficient (Wildman–Crippen LogP) is 0.573. The van der Waals surface area contributed by atoms with Gasteiger partial charge in [-0.25, -0.2) is 0 Å². The zero-order valence-electron chi connectivity index (χ0n) is 10.0. The van der Waals surface area contributed by atoms with E-state index in [-0.39, 0.29) is 11.8 Å². The van der Waals surface area contributed by atoms with E-state index in [0.717, 1.165) is 30.8 Å². The van der Waals surface area contributed by atoms with Crippen molar-refractivity contribution in [2.45, 2.75) is 6.42 Å². The first-order valence-corrected chi connectivity index (χ1v) is 5.91. The lowest BCUT2D eigenvalue weighted by Gasteiger charge is -2.25. The Bertz CT molecular complexity index is 389. The van der Waals surface area contributed by atoms with Crippen molar-refractivity contribution >= 4 is 5.91 Å². The molecule has 0 aliphatic carbocycles. The summed E-state index contributed by atoms with van der Waals surface area (Å²) in [6.07, 6.45) is 0.801. The van der Waals surface area contributed by atoms with Crippen molar-refractivity contribution in [3.05, 3.63) is 29.8 Å². The maximum absolute atomic E-state index is 11.6. The van der Waals surface area contributed by atoms with Crippen LogP contribution in [-0.4, -0.2) is 32.7 Å². The number of para-hydroxylation sites is 1. The number of benzene rings is 1. The summed E-state index contributed by atoms with van der Waals surface area (Å²) in [4.78, 5) is 11.6. The molecule has 92 valence electrons. The fourth-order valence-electron chi connectivity index (χ4n) is 1.85. The third-order valence-corrected chi connectivity index (χ3v) is 3.04. The maximum Gasteiger partial charge on any atom is 0.225 e. The van der Waals surface area contributed by atoms with Gasteiger partial charge in [-0.2, -0.15) is 0 Å². The van der Waals surface area contributed by atoms with Crippen LogP contribution in [0.4, 0.5) is 0 Å². The molecule has 17 heavy (non-hydrogen) atoms. The summed E-state index contributed by atoms with van der Waals surface area (Å²) < 4.78 is 5.26. The molecule has 0 saturated carbocycles. The molecule has 1 aromatic rings. The molecule has 1 aliphatic rings. The Morgan fingerprint density at radius 3 is 2.88 bits per heavy atom. The molecule has 4 nitrogen and oxygen atoms in total. The van der Waals surface area contributed by atoms with Gasteiger partial charge in [0.1, 0.15) is 5.75 Å². The average Bonchev–Trinajstić information content (AvgIpc) is 2.27. The number of hydrogen-bond donors (Lipinski definition) is 2. The lowest BCUT2D eigenvalue weighted by Crippen LogP contribution is -2.51. The second-order valence-corrected chi connectivity index (χ2v) is 4.21. The predicted molar refractivity (Wildman–Crippen MR) is 66.1 cm³/mol. The summed E-state index contributed by atoms with van der Waals surface area (Å²) in [6, 6.07) is 7.89. The largest absolute Gasteiger partial charge is 0.496 e. The monoisotopic (exact) mass is 234 g/mol. The number of carbonyl (C=O) groups is 1. The molecule has 1 fully saturated rings. The molecule has 0 aromatic heterocycles. The van der Waals surface area contributed by atoms with Gasteiger partial charge in [-0.15, -0.1) is 0 Å². The van der Waals surface area contributed by atoms with Crippen LogP contribution in [0.15, 0.2) is 24.3 Å². The number of nitrogens with one attached hydrogen (secondary N) is 2. The first-order chi connectivity index (χ1) is 8.31. The number of amides is 1. The number of rotatable bonds is 5. The van der Waals surface area contributed by atoms with Gasteiger partial charge >= 0.3 is 0 Å². The Balaban J connectivity index is 1.79. The van der Waals surface area contributed by atoms with Crippen molar-refractivity contribution in [2.24, 2.45) is 5.92 Å². The Kier molecular flexibility index (Phi) is 3.98. The second-order valence-electron chi connectivity index (χ2n) is 4.21. The topological polar surface area (TPSA) is 50.4 Å². The summed E-state index contributed by atoms with van der Waals surface area (Å²) in [5, 5.41) is 6.04. The first-order valence-electron chi connectivity index (χ1n) is 5.91. The van der Waals surface area contributed by atoms with Crippen molar-refractivity contribution in [3.8, 4) is 5.75 Å². The van der Waals surface area contributed by atoms with Crippen LogP contribution < -0.4 is 15.4 Å². The average molecular weight is 234 g/mol. The van der Waals surface area contributed by atoms with Crippen LogP contribution in [0.25, 0.3) is 0 Å². The molecular weight excluding hydrogens is 216 g/mol. The number of hydrogen-bond acceptors (Lipinski definition) is 3. The van der Waals surface area contributed by atoms with Gasteiger partial charge in [-0.05, 0) is 18.1 Å². The second kappa shape index (κ2) is 5.68. The van der Waals surface area contributed by atoms with Gasteiger partial charge in [0.2, 0.25) is 5.91 Å². The van der Waals surface area contributed by atoms with Gasteiger partial charge in [0, 0.05) is 19.6 Å². The van der Waals surface area contributed by atoms with Gasteiger partial charge in [0.05, 0.1) is 13.0 Å². The fourth-order valence-corrected chi connectivity index (χ4v) is 1.85. The van der Waals surface area contributed by atoms with Gasteiger partial charge in [0.15, 0.2) is 0 Å². The van der Waals surface area contributed by atoms with Crippen molar-refractivity contribution < 1.29 is 9.53 Å². The normalized spacial score (nSPS) is 15.1. The zero-order chi connectivity index (χ0) is 12.1. The Labute approximate surface area is 101 Å². The molecule has 2 rings (SSSR count). The molecule has 0 unspecified atom stereocenters. The highest BCUT2D eigenvalue weighted by Gasteiger charge is 2.24. The minimum absolute atomic E-state index is 0.152. The first kappa shape index (κ1) is 11.9. The van der Waals surface area contributed by atoms with Gasteiger partial charge in [-0.3, -0.25) is 4.79 Å². The standard InChI is InChI=1S/C13H18N2O2/c1-17-12-5-3-2-4-10(12)6-7-15-13(16)11-8-14-9-11/h2-5,11,14H,6-9H2,1H3,(H,15,16). The third kappa shape index (κ3) is 2.97. The third-order valence-electron chi connectivity index (χ3n) is 3.04. The molecule has 0 bridgehead atoms. The summed E-state index contributed by atoms with van der Waals surface area (Å²) in [7, 11) is 1.66. The zero-order valence-corrected chi connectivity index (χ0v) is 10.0. The van der Waals surface area contributed by atoms with Crippen molar-refractivity contribution in [2.75, 3.05) is 26.7 Å². The molecule has 4 heteroatoms. The van der Waals surface area contributed by atoms with Crippen LogP contribution in [0.1, 0.15) is 5.56 Å². The summed E-state index contributed by atoms with van der Waals surface area (Å²) >= 11 is 0. The fraction of sp³-hybridized carbons (Fsp3) is 0.462. The highest BCUT2D eigenvalue weighted by molar-refractivity contribution is 5.79. The van der Waals surface area contributed by atoms with E-state index in [1.54, 1.807) is 7.11 Å². The number of ether oxygens (including phenoxy) is 1. The smallest absolute Gasteiger partial charge is 0.225 e. The van der Waals surface area contributed by atoms with E-state index in [1.165, 1.54) is 0 Å². The number of carbonyl (C=O) groups excluding carboxylic acids is 1. The number of methoxy groups -OCH3 is 1. The molecule has 1 heterocycles. The molecule has 0 radical (unpaired) electrons.